The van der Waals surface area contributed by atoms with Crippen LogP contribution < -0.4 is 5.73 Å². The summed E-state index contributed by atoms with van der Waals surface area (Å²) in [6.07, 6.45) is 6.52. The summed E-state index contributed by atoms with van der Waals surface area (Å²) in [4.78, 5) is 13.9. The maximum atomic E-state index is 11.6. The zero-order valence-corrected chi connectivity index (χ0v) is 16.3. The highest BCUT2D eigenvalue weighted by Crippen LogP contribution is 2.24. The molecule has 1 saturated heterocycles. The maximum absolute atomic E-state index is 11.6. The molecule has 0 saturated carbocycles. The number of likely N-dealkylation sites (tertiary alicyclic amines) is 1. The Bertz CT molecular complexity index is 561. The largest absolute Gasteiger partial charge is 0.480 e. The van der Waals surface area contributed by atoms with Crippen molar-refractivity contribution in [2.45, 2.75) is 56.8 Å². The summed E-state index contributed by atoms with van der Waals surface area (Å²) in [7, 11) is 5.50. The molecular formula is C20H30BClN2O2. The first kappa shape index (κ1) is 21.3. The molecule has 1 atom stereocenters. The van der Waals surface area contributed by atoms with Gasteiger partial charge in [-0.3, -0.25) is 4.79 Å². The molecule has 1 aromatic carbocycles. The number of nitrogens with zero attached hydrogens (tertiary/aromatic N) is 1. The van der Waals surface area contributed by atoms with Gasteiger partial charge in [-0.05, 0) is 68.8 Å². The molecule has 0 aliphatic carbocycles. The van der Waals surface area contributed by atoms with Gasteiger partial charge in [-0.15, -0.1) is 0 Å². The smallest absolute Gasteiger partial charge is 0.323 e. The van der Waals surface area contributed by atoms with Crippen LogP contribution in [0.4, 0.5) is 0 Å². The van der Waals surface area contributed by atoms with Crippen molar-refractivity contribution in [2.75, 3.05) is 19.6 Å². The van der Waals surface area contributed by atoms with Crippen molar-refractivity contribution in [3.05, 3.63) is 34.9 Å². The average Bonchev–Trinajstić information content (AvgIpc) is 2.63. The van der Waals surface area contributed by atoms with Crippen LogP contribution in [-0.4, -0.2) is 49.0 Å². The van der Waals surface area contributed by atoms with Gasteiger partial charge in [0.15, 0.2) is 0 Å². The molecule has 0 amide bonds. The summed E-state index contributed by atoms with van der Waals surface area (Å²) < 4.78 is 0. The number of carbonyl (C=O) groups is 1. The molecule has 1 aliphatic heterocycles. The molecule has 1 heterocycles. The van der Waals surface area contributed by atoms with Gasteiger partial charge in [-0.2, -0.15) is 0 Å². The number of hydrogen-bond acceptors (Lipinski definition) is 3. The van der Waals surface area contributed by atoms with Gasteiger partial charge in [0.25, 0.3) is 0 Å². The van der Waals surface area contributed by atoms with Crippen molar-refractivity contribution < 1.29 is 9.90 Å². The molecular weight excluding hydrogens is 346 g/mol. The Morgan fingerprint density at radius 2 is 1.88 bits per heavy atom. The minimum atomic E-state index is -1.13. The average molecular weight is 377 g/mol. The normalized spacial score (nSPS) is 18.5. The van der Waals surface area contributed by atoms with Crippen molar-refractivity contribution in [1.29, 1.82) is 0 Å². The van der Waals surface area contributed by atoms with Gasteiger partial charge in [0.05, 0.1) is 7.85 Å². The molecule has 1 fully saturated rings. The summed E-state index contributed by atoms with van der Waals surface area (Å²) in [5, 5.41) is 10.3. The predicted octanol–water partition coefficient (Wildman–Crippen LogP) is 3.52. The summed E-state index contributed by atoms with van der Waals surface area (Å²) in [6.45, 7) is 2.77. The number of rotatable bonds is 10. The van der Waals surface area contributed by atoms with Crippen LogP contribution in [0.3, 0.4) is 0 Å². The zero-order chi connectivity index (χ0) is 19.0. The van der Waals surface area contributed by atoms with Crippen molar-refractivity contribution >= 4 is 25.4 Å². The van der Waals surface area contributed by atoms with E-state index in [9.17, 15) is 9.90 Å². The molecule has 4 nitrogen and oxygen atoms in total. The number of carboxylic acids is 1. The number of aliphatic carboxylic acids is 1. The Morgan fingerprint density at radius 3 is 2.46 bits per heavy atom. The minimum Gasteiger partial charge on any atom is -0.480 e. The molecule has 2 rings (SSSR count). The Balaban J connectivity index is 1.74. The van der Waals surface area contributed by atoms with Crippen molar-refractivity contribution in [3.8, 4) is 0 Å². The number of unbranched alkanes of at least 4 members (excludes halogenated alkanes) is 1. The van der Waals surface area contributed by atoms with Gasteiger partial charge >= 0.3 is 5.97 Å². The summed E-state index contributed by atoms with van der Waals surface area (Å²) in [5.74, 6) is -0.216. The number of piperidine rings is 1. The topological polar surface area (TPSA) is 66.6 Å². The molecule has 1 aromatic rings. The summed E-state index contributed by atoms with van der Waals surface area (Å²) in [6, 6.07) is 8.10. The second-order valence-corrected chi connectivity index (χ2v) is 8.01. The van der Waals surface area contributed by atoms with E-state index in [2.05, 4.69) is 17.0 Å². The first-order chi connectivity index (χ1) is 12.4. The third-order valence-electron chi connectivity index (χ3n) is 5.52. The number of nitrogens with two attached hydrogens (primary N) is 1. The van der Waals surface area contributed by atoms with Gasteiger partial charge in [-0.25, -0.2) is 0 Å². The van der Waals surface area contributed by atoms with Gasteiger partial charge in [0, 0.05) is 11.6 Å². The number of halogens is 1. The van der Waals surface area contributed by atoms with Crippen LogP contribution in [0.25, 0.3) is 0 Å². The van der Waals surface area contributed by atoms with Crippen LogP contribution in [0.15, 0.2) is 24.3 Å². The SMILES string of the molecule is [B]CCCCC(N)(CCN1CCC(Cc2ccc(Cl)cc2)CC1)C(=O)O. The molecule has 0 spiro atoms. The number of hydrogen-bond donors (Lipinski definition) is 2. The van der Waals surface area contributed by atoms with E-state index in [4.69, 9.17) is 25.2 Å². The van der Waals surface area contributed by atoms with E-state index in [0.717, 1.165) is 56.8 Å². The van der Waals surface area contributed by atoms with Crippen LogP contribution in [0.2, 0.25) is 11.3 Å². The van der Waals surface area contributed by atoms with Crippen LogP contribution in [0, 0.1) is 5.92 Å². The summed E-state index contributed by atoms with van der Waals surface area (Å²) >= 11 is 5.94. The molecule has 0 aromatic heterocycles. The third-order valence-corrected chi connectivity index (χ3v) is 5.77. The van der Waals surface area contributed by atoms with Gasteiger partial charge in [0.2, 0.25) is 0 Å². The molecule has 142 valence electrons. The first-order valence-electron chi connectivity index (χ1n) is 9.62. The van der Waals surface area contributed by atoms with Crippen LogP contribution in [0.5, 0.6) is 0 Å². The fourth-order valence-corrected chi connectivity index (χ4v) is 3.78. The summed E-state index contributed by atoms with van der Waals surface area (Å²) in [5.41, 5.74) is 6.37. The van der Waals surface area contributed by atoms with E-state index >= 15 is 0 Å². The lowest BCUT2D eigenvalue weighted by molar-refractivity contribution is -0.144. The second-order valence-electron chi connectivity index (χ2n) is 7.57. The number of carboxylic acid groups (broad SMARTS) is 1. The van der Waals surface area contributed by atoms with Gasteiger partial charge in [0.1, 0.15) is 5.54 Å². The third kappa shape index (κ3) is 6.60. The molecule has 3 N–H and O–H groups in total. The maximum Gasteiger partial charge on any atom is 0.323 e. The molecule has 26 heavy (non-hydrogen) atoms. The van der Waals surface area contributed by atoms with Crippen molar-refractivity contribution in [3.63, 3.8) is 0 Å². The van der Waals surface area contributed by atoms with E-state index in [1.807, 2.05) is 12.1 Å². The van der Waals surface area contributed by atoms with Gasteiger partial charge < -0.3 is 15.7 Å². The molecule has 0 bridgehead atoms. The highest BCUT2D eigenvalue weighted by Gasteiger charge is 2.33. The highest BCUT2D eigenvalue weighted by atomic mass is 35.5. The minimum absolute atomic E-state index is 0.493. The van der Waals surface area contributed by atoms with Crippen LogP contribution in [0.1, 0.15) is 44.1 Å². The predicted molar refractivity (Wildman–Crippen MR) is 108 cm³/mol. The highest BCUT2D eigenvalue weighted by molar-refractivity contribution is 6.30. The van der Waals surface area contributed by atoms with E-state index in [1.54, 1.807) is 0 Å². The van der Waals surface area contributed by atoms with E-state index in [0.29, 0.717) is 25.1 Å². The van der Waals surface area contributed by atoms with E-state index < -0.39 is 11.5 Å². The van der Waals surface area contributed by atoms with E-state index in [1.165, 1.54) is 5.56 Å². The zero-order valence-electron chi connectivity index (χ0n) is 15.5. The lowest BCUT2D eigenvalue weighted by Gasteiger charge is -2.34. The quantitative estimate of drug-likeness (QED) is 0.484. The monoisotopic (exact) mass is 376 g/mol. The van der Waals surface area contributed by atoms with Crippen LogP contribution in [-0.2, 0) is 11.2 Å². The molecule has 2 radical (unpaired) electrons. The lowest BCUT2D eigenvalue weighted by Crippen LogP contribution is -2.50. The Morgan fingerprint density at radius 1 is 1.23 bits per heavy atom. The molecule has 1 aliphatic rings. The first-order valence-corrected chi connectivity index (χ1v) is 10.00. The molecule has 1 unspecified atom stereocenters. The Hall–Kier alpha value is -1.04. The van der Waals surface area contributed by atoms with E-state index in [-0.39, 0.29) is 0 Å². The second kappa shape index (κ2) is 10.3. The van der Waals surface area contributed by atoms with Crippen molar-refractivity contribution in [1.82, 2.24) is 4.90 Å². The molecule has 6 heteroatoms. The lowest BCUT2D eigenvalue weighted by atomic mass is 9.87. The Kier molecular flexibility index (Phi) is 8.46. The fourth-order valence-electron chi connectivity index (χ4n) is 3.65. The van der Waals surface area contributed by atoms with Crippen molar-refractivity contribution in [2.24, 2.45) is 11.7 Å². The standard InChI is InChI=1S/C20H30BClN2O2/c21-11-2-1-9-20(23,19(25)26)10-14-24-12-7-17(8-13-24)15-16-3-5-18(22)6-4-16/h3-6,17H,1-2,7-15,23H2,(H,25,26). The Labute approximate surface area is 163 Å². The van der Waals surface area contributed by atoms with Crippen LogP contribution >= 0.6 is 11.6 Å². The van der Waals surface area contributed by atoms with Gasteiger partial charge in [-0.1, -0.05) is 42.9 Å². The number of benzene rings is 1. The fraction of sp³-hybridized carbons (Fsp3) is 0.650.